The summed E-state index contributed by atoms with van der Waals surface area (Å²) in [6, 6.07) is 14.6. The molecule has 0 radical (unpaired) electrons. The van der Waals surface area contributed by atoms with Crippen molar-refractivity contribution in [2.75, 3.05) is 0 Å². The molecular weight excluding hydrogens is 241 g/mol. The van der Waals surface area contributed by atoms with Crippen LogP contribution in [0.2, 0.25) is 0 Å². The van der Waals surface area contributed by atoms with E-state index in [0.717, 1.165) is 5.56 Å². The quantitative estimate of drug-likeness (QED) is 0.784. The highest BCUT2D eigenvalue weighted by Crippen LogP contribution is 2.23. The van der Waals surface area contributed by atoms with Crippen molar-refractivity contribution in [3.8, 4) is 6.07 Å². The normalized spacial score (nSPS) is 11.6. The molecular formula is C16H12FNO. The van der Waals surface area contributed by atoms with Gasteiger partial charge in [-0.2, -0.15) is 5.26 Å². The maximum atomic E-state index is 12.8. The highest BCUT2D eigenvalue weighted by Gasteiger charge is 2.22. The van der Waals surface area contributed by atoms with Gasteiger partial charge in [0.15, 0.2) is 5.78 Å². The van der Waals surface area contributed by atoms with Gasteiger partial charge in [0, 0.05) is 5.56 Å². The number of benzene rings is 2. The van der Waals surface area contributed by atoms with Gasteiger partial charge in [-0.25, -0.2) is 4.39 Å². The predicted molar refractivity (Wildman–Crippen MR) is 70.3 cm³/mol. The van der Waals surface area contributed by atoms with Crippen molar-refractivity contribution in [2.45, 2.75) is 12.8 Å². The molecule has 0 aliphatic carbocycles. The first kappa shape index (κ1) is 13.0. The van der Waals surface area contributed by atoms with Gasteiger partial charge >= 0.3 is 0 Å². The topological polar surface area (TPSA) is 40.9 Å². The second-order valence-corrected chi connectivity index (χ2v) is 4.29. The number of ketones is 1. The first-order valence-electron chi connectivity index (χ1n) is 5.88. The van der Waals surface area contributed by atoms with Crippen molar-refractivity contribution in [2.24, 2.45) is 0 Å². The zero-order valence-electron chi connectivity index (χ0n) is 10.4. The molecule has 0 aliphatic rings. The van der Waals surface area contributed by atoms with Crippen LogP contribution in [0.5, 0.6) is 0 Å². The van der Waals surface area contributed by atoms with E-state index in [0.29, 0.717) is 11.1 Å². The predicted octanol–water partition coefficient (Wildman–Crippen LogP) is 3.62. The molecule has 94 valence electrons. The van der Waals surface area contributed by atoms with E-state index in [4.69, 9.17) is 0 Å². The Morgan fingerprint density at radius 1 is 1.16 bits per heavy atom. The van der Waals surface area contributed by atoms with Gasteiger partial charge in [0.2, 0.25) is 0 Å². The van der Waals surface area contributed by atoms with Crippen LogP contribution in [-0.4, -0.2) is 5.78 Å². The molecule has 0 heterocycles. The van der Waals surface area contributed by atoms with Gasteiger partial charge in [0.25, 0.3) is 0 Å². The fourth-order valence-electron chi connectivity index (χ4n) is 1.96. The van der Waals surface area contributed by atoms with Gasteiger partial charge in [0.1, 0.15) is 11.7 Å². The summed E-state index contributed by atoms with van der Waals surface area (Å²) >= 11 is 0. The summed E-state index contributed by atoms with van der Waals surface area (Å²) in [4.78, 5) is 12.3. The highest BCUT2D eigenvalue weighted by molar-refractivity contribution is 6.02. The van der Waals surface area contributed by atoms with Gasteiger partial charge in [-0.15, -0.1) is 0 Å². The number of rotatable bonds is 3. The number of nitriles is 1. The smallest absolute Gasteiger partial charge is 0.184 e. The first-order chi connectivity index (χ1) is 9.13. The summed E-state index contributed by atoms with van der Waals surface area (Å²) in [6.45, 7) is 1.86. The van der Waals surface area contributed by atoms with Crippen LogP contribution in [0.4, 0.5) is 4.39 Å². The fourth-order valence-corrected chi connectivity index (χ4v) is 1.96. The molecule has 0 amide bonds. The van der Waals surface area contributed by atoms with Gasteiger partial charge in [0.05, 0.1) is 6.07 Å². The molecule has 19 heavy (non-hydrogen) atoms. The summed E-state index contributed by atoms with van der Waals surface area (Å²) in [5.41, 5.74) is 1.93. The standard InChI is InChI=1S/C16H12FNO/c1-11-4-2-3-5-14(11)15(10-18)16(19)12-6-8-13(17)9-7-12/h2-9,15H,1H3. The van der Waals surface area contributed by atoms with Crippen LogP contribution < -0.4 is 0 Å². The molecule has 0 saturated heterocycles. The maximum absolute atomic E-state index is 12.8. The van der Waals surface area contributed by atoms with E-state index in [2.05, 4.69) is 0 Å². The molecule has 2 rings (SSSR count). The van der Waals surface area contributed by atoms with Crippen LogP contribution in [0.3, 0.4) is 0 Å². The average molecular weight is 253 g/mol. The molecule has 2 aromatic carbocycles. The van der Waals surface area contributed by atoms with Crippen LogP contribution in [0.15, 0.2) is 48.5 Å². The Hall–Kier alpha value is -2.47. The number of hydrogen-bond donors (Lipinski definition) is 0. The largest absolute Gasteiger partial charge is 0.292 e. The van der Waals surface area contributed by atoms with Gasteiger partial charge < -0.3 is 0 Å². The lowest BCUT2D eigenvalue weighted by atomic mass is 9.89. The Bertz CT molecular complexity index is 641. The molecule has 0 aliphatic heterocycles. The number of carbonyl (C=O) groups excluding carboxylic acids is 1. The number of carbonyl (C=O) groups is 1. The van der Waals surface area contributed by atoms with Crippen LogP contribution in [0.25, 0.3) is 0 Å². The Balaban J connectivity index is 2.38. The van der Waals surface area contributed by atoms with E-state index in [-0.39, 0.29) is 5.78 Å². The second kappa shape index (κ2) is 5.45. The van der Waals surface area contributed by atoms with E-state index < -0.39 is 11.7 Å². The summed E-state index contributed by atoms with van der Waals surface area (Å²) in [6.07, 6.45) is 0. The van der Waals surface area contributed by atoms with Crippen LogP contribution >= 0.6 is 0 Å². The van der Waals surface area contributed by atoms with E-state index in [1.807, 2.05) is 25.1 Å². The van der Waals surface area contributed by atoms with Crippen molar-refractivity contribution in [1.29, 1.82) is 5.26 Å². The monoisotopic (exact) mass is 253 g/mol. The molecule has 2 nitrogen and oxygen atoms in total. The molecule has 3 heteroatoms. The zero-order valence-corrected chi connectivity index (χ0v) is 10.4. The molecule has 0 N–H and O–H groups in total. The van der Waals surface area contributed by atoms with Crippen molar-refractivity contribution < 1.29 is 9.18 Å². The Kier molecular flexibility index (Phi) is 3.72. The minimum absolute atomic E-state index is 0.309. The SMILES string of the molecule is Cc1ccccc1C(C#N)C(=O)c1ccc(F)cc1. The number of halogens is 1. The van der Waals surface area contributed by atoms with Gasteiger partial charge in [-0.1, -0.05) is 24.3 Å². The molecule has 0 saturated carbocycles. The molecule has 0 fully saturated rings. The van der Waals surface area contributed by atoms with Crippen LogP contribution in [-0.2, 0) is 0 Å². The second-order valence-electron chi connectivity index (χ2n) is 4.29. The molecule has 0 aromatic heterocycles. The lowest BCUT2D eigenvalue weighted by Crippen LogP contribution is -2.12. The summed E-state index contributed by atoms with van der Waals surface area (Å²) in [5, 5.41) is 9.25. The first-order valence-corrected chi connectivity index (χ1v) is 5.88. The average Bonchev–Trinajstić information content (AvgIpc) is 2.42. The Morgan fingerprint density at radius 2 is 1.79 bits per heavy atom. The van der Waals surface area contributed by atoms with E-state index in [1.165, 1.54) is 24.3 Å². The minimum Gasteiger partial charge on any atom is -0.292 e. The number of aryl methyl sites for hydroxylation is 1. The van der Waals surface area contributed by atoms with Crippen LogP contribution in [0.1, 0.15) is 27.4 Å². The molecule has 1 unspecified atom stereocenters. The number of Topliss-reactive ketones (excluding diaryl/α,β-unsaturated/α-hetero) is 1. The minimum atomic E-state index is -0.855. The summed E-state index contributed by atoms with van der Waals surface area (Å²) in [7, 11) is 0. The third-order valence-electron chi connectivity index (χ3n) is 3.02. The van der Waals surface area contributed by atoms with E-state index in [9.17, 15) is 14.4 Å². The van der Waals surface area contributed by atoms with Gasteiger partial charge in [-0.05, 0) is 42.3 Å². The fraction of sp³-hybridized carbons (Fsp3) is 0.125. The lowest BCUT2D eigenvalue weighted by molar-refractivity contribution is 0.0978. The summed E-state index contributed by atoms with van der Waals surface area (Å²) < 4.78 is 12.8. The highest BCUT2D eigenvalue weighted by atomic mass is 19.1. The third-order valence-corrected chi connectivity index (χ3v) is 3.02. The maximum Gasteiger partial charge on any atom is 0.184 e. The number of hydrogen-bond acceptors (Lipinski definition) is 2. The van der Waals surface area contributed by atoms with Crippen molar-refractivity contribution in [3.63, 3.8) is 0 Å². The molecule has 2 aromatic rings. The van der Waals surface area contributed by atoms with Crippen molar-refractivity contribution in [3.05, 3.63) is 71.0 Å². The van der Waals surface area contributed by atoms with Crippen LogP contribution in [0, 0.1) is 24.1 Å². The molecule has 0 bridgehead atoms. The third kappa shape index (κ3) is 2.69. The van der Waals surface area contributed by atoms with Crippen molar-refractivity contribution >= 4 is 5.78 Å². The Morgan fingerprint density at radius 3 is 2.37 bits per heavy atom. The van der Waals surface area contributed by atoms with Crippen molar-refractivity contribution in [1.82, 2.24) is 0 Å². The van der Waals surface area contributed by atoms with E-state index >= 15 is 0 Å². The Labute approximate surface area is 111 Å². The lowest BCUT2D eigenvalue weighted by Gasteiger charge is -2.11. The molecule has 0 spiro atoms. The summed E-state index contributed by atoms with van der Waals surface area (Å²) in [5.74, 6) is -1.57. The van der Waals surface area contributed by atoms with E-state index in [1.54, 1.807) is 12.1 Å². The number of nitrogens with zero attached hydrogens (tertiary/aromatic N) is 1. The van der Waals surface area contributed by atoms with Gasteiger partial charge in [-0.3, -0.25) is 4.79 Å². The molecule has 1 atom stereocenters. The zero-order chi connectivity index (χ0) is 13.8.